The van der Waals surface area contributed by atoms with Gasteiger partial charge in [0, 0.05) is 35.4 Å². The van der Waals surface area contributed by atoms with E-state index in [1.807, 2.05) is 23.1 Å². The number of nitrogens with zero attached hydrogens (tertiary/aromatic N) is 1. The molecular weight excluding hydrogens is 224 g/mol. The van der Waals surface area contributed by atoms with Crippen LogP contribution in [0.25, 0.3) is 0 Å². The summed E-state index contributed by atoms with van der Waals surface area (Å²) in [7, 11) is 0. The van der Waals surface area contributed by atoms with Gasteiger partial charge in [0.1, 0.15) is 5.01 Å². The summed E-state index contributed by atoms with van der Waals surface area (Å²) in [5.41, 5.74) is 1.35. The summed E-state index contributed by atoms with van der Waals surface area (Å²) in [4.78, 5) is 6.17. The molecule has 0 aliphatic carbocycles. The monoisotopic (exact) mass is 242 g/mol. The first-order valence-corrected chi connectivity index (χ1v) is 7.46. The molecule has 0 fully saturated rings. The summed E-state index contributed by atoms with van der Waals surface area (Å²) < 4.78 is 0. The highest BCUT2D eigenvalue weighted by Crippen LogP contribution is 2.26. The van der Waals surface area contributed by atoms with Crippen LogP contribution in [0.2, 0.25) is 0 Å². The molecule has 2 rings (SSSR count). The molecule has 0 saturated heterocycles. The van der Waals surface area contributed by atoms with Crippen molar-refractivity contribution in [2.24, 2.45) is 0 Å². The minimum Gasteiger partial charge on any atom is -0.311 e. The summed E-state index contributed by atoms with van der Waals surface area (Å²) in [6.07, 6.45) is 2.36. The number of hydrogen-bond acceptors (Lipinski definition) is 4. The van der Waals surface area contributed by atoms with Crippen molar-refractivity contribution in [3.05, 3.63) is 15.6 Å². The molecule has 1 aliphatic rings. The first-order chi connectivity index (χ1) is 7.29. The Bertz CT molecular complexity index is 299. The maximum Gasteiger partial charge on any atom is 0.103 e. The van der Waals surface area contributed by atoms with Gasteiger partial charge in [-0.1, -0.05) is 13.8 Å². The lowest BCUT2D eigenvalue weighted by Crippen LogP contribution is -2.22. The Balaban J connectivity index is 1.94. The van der Waals surface area contributed by atoms with Crippen molar-refractivity contribution in [1.82, 2.24) is 10.3 Å². The zero-order valence-corrected chi connectivity index (χ0v) is 11.0. The standard InChI is InChI=1S/C11H18N2S2/c1-3-8(2)14-7-11-13-9-4-5-12-6-10(9)15-11/h8,12H,3-7H2,1-2H3. The highest BCUT2D eigenvalue weighted by molar-refractivity contribution is 7.99. The SMILES string of the molecule is CCC(C)SCc1nc2c(s1)CNCC2. The Morgan fingerprint density at radius 3 is 3.20 bits per heavy atom. The lowest BCUT2D eigenvalue weighted by atomic mass is 10.2. The maximum absolute atomic E-state index is 4.71. The zero-order chi connectivity index (χ0) is 10.7. The van der Waals surface area contributed by atoms with Crippen molar-refractivity contribution in [3.8, 4) is 0 Å². The van der Waals surface area contributed by atoms with Crippen molar-refractivity contribution < 1.29 is 0 Å². The van der Waals surface area contributed by atoms with Crippen LogP contribution in [0, 0.1) is 0 Å². The summed E-state index contributed by atoms with van der Waals surface area (Å²) in [5.74, 6) is 1.09. The summed E-state index contributed by atoms with van der Waals surface area (Å²) >= 11 is 3.91. The van der Waals surface area contributed by atoms with Gasteiger partial charge in [0.15, 0.2) is 0 Å². The molecule has 0 aromatic carbocycles. The number of hydrogen-bond donors (Lipinski definition) is 1. The van der Waals surface area contributed by atoms with Crippen LogP contribution >= 0.6 is 23.1 Å². The van der Waals surface area contributed by atoms with E-state index in [0.717, 1.165) is 30.5 Å². The molecule has 0 bridgehead atoms. The third kappa shape index (κ3) is 2.95. The fourth-order valence-corrected chi connectivity index (χ4v) is 3.62. The Hall–Kier alpha value is -0.0600. The number of nitrogens with one attached hydrogen (secondary N) is 1. The second-order valence-corrected chi connectivity index (χ2v) is 6.53. The largest absolute Gasteiger partial charge is 0.311 e. The maximum atomic E-state index is 4.71. The van der Waals surface area contributed by atoms with Crippen LogP contribution in [-0.4, -0.2) is 16.8 Å². The molecule has 4 heteroatoms. The van der Waals surface area contributed by atoms with Gasteiger partial charge in [-0.3, -0.25) is 0 Å². The van der Waals surface area contributed by atoms with E-state index in [1.165, 1.54) is 22.0 Å². The summed E-state index contributed by atoms with van der Waals surface area (Å²) in [6, 6.07) is 0. The lowest BCUT2D eigenvalue weighted by molar-refractivity contribution is 0.643. The predicted octanol–water partition coefficient (Wildman–Crippen LogP) is 2.82. The highest BCUT2D eigenvalue weighted by Gasteiger charge is 2.14. The van der Waals surface area contributed by atoms with E-state index in [2.05, 4.69) is 19.2 Å². The molecule has 1 atom stereocenters. The number of thiazole rings is 1. The molecule has 1 aliphatic heterocycles. The van der Waals surface area contributed by atoms with E-state index in [0.29, 0.717) is 0 Å². The molecule has 0 saturated carbocycles. The van der Waals surface area contributed by atoms with Crippen molar-refractivity contribution in [3.63, 3.8) is 0 Å². The van der Waals surface area contributed by atoms with Gasteiger partial charge in [-0.25, -0.2) is 4.98 Å². The topological polar surface area (TPSA) is 24.9 Å². The number of fused-ring (bicyclic) bond motifs is 1. The van der Waals surface area contributed by atoms with Crippen molar-refractivity contribution in [1.29, 1.82) is 0 Å². The van der Waals surface area contributed by atoms with Crippen molar-refractivity contribution in [2.75, 3.05) is 6.54 Å². The first-order valence-electron chi connectivity index (χ1n) is 5.59. The quantitative estimate of drug-likeness (QED) is 0.879. The van der Waals surface area contributed by atoms with E-state index in [1.54, 1.807) is 0 Å². The van der Waals surface area contributed by atoms with E-state index in [-0.39, 0.29) is 0 Å². The molecule has 1 unspecified atom stereocenters. The van der Waals surface area contributed by atoms with Gasteiger partial charge in [0.2, 0.25) is 0 Å². The van der Waals surface area contributed by atoms with Crippen LogP contribution in [0.4, 0.5) is 0 Å². The number of rotatable bonds is 4. The van der Waals surface area contributed by atoms with Gasteiger partial charge in [0.05, 0.1) is 5.69 Å². The molecule has 15 heavy (non-hydrogen) atoms. The van der Waals surface area contributed by atoms with Gasteiger partial charge in [-0.05, 0) is 6.42 Å². The third-order valence-electron chi connectivity index (χ3n) is 2.71. The van der Waals surface area contributed by atoms with Gasteiger partial charge in [0.25, 0.3) is 0 Å². The molecule has 1 aromatic rings. The molecule has 1 aromatic heterocycles. The van der Waals surface area contributed by atoms with Gasteiger partial charge < -0.3 is 5.32 Å². The minimum atomic E-state index is 0.754. The van der Waals surface area contributed by atoms with Crippen molar-refractivity contribution >= 4 is 23.1 Å². The van der Waals surface area contributed by atoms with E-state index in [9.17, 15) is 0 Å². The summed E-state index contributed by atoms with van der Waals surface area (Å²) in [6.45, 7) is 6.66. The van der Waals surface area contributed by atoms with Crippen molar-refractivity contribution in [2.45, 2.75) is 44.2 Å². The predicted molar refractivity (Wildman–Crippen MR) is 68.6 cm³/mol. The molecule has 2 nitrogen and oxygen atoms in total. The molecule has 84 valence electrons. The number of thioether (sulfide) groups is 1. The first kappa shape index (κ1) is 11.4. The van der Waals surface area contributed by atoms with Gasteiger partial charge in [-0.15, -0.1) is 11.3 Å². The molecule has 0 spiro atoms. The van der Waals surface area contributed by atoms with Crippen LogP contribution in [0.1, 0.15) is 35.8 Å². The van der Waals surface area contributed by atoms with Crippen LogP contribution in [0.3, 0.4) is 0 Å². The third-order valence-corrected chi connectivity index (χ3v) is 5.34. The normalized spacial score (nSPS) is 17.5. The minimum absolute atomic E-state index is 0.754. The molecule has 2 heterocycles. The second-order valence-electron chi connectivity index (χ2n) is 3.93. The fraction of sp³-hybridized carbons (Fsp3) is 0.727. The average molecular weight is 242 g/mol. The Morgan fingerprint density at radius 2 is 2.47 bits per heavy atom. The average Bonchev–Trinajstić information content (AvgIpc) is 2.68. The molecule has 0 radical (unpaired) electrons. The lowest BCUT2D eigenvalue weighted by Gasteiger charge is -2.09. The van der Waals surface area contributed by atoms with Gasteiger partial charge in [-0.2, -0.15) is 11.8 Å². The van der Waals surface area contributed by atoms with E-state index >= 15 is 0 Å². The van der Waals surface area contributed by atoms with E-state index in [4.69, 9.17) is 4.98 Å². The molecular formula is C11H18N2S2. The van der Waals surface area contributed by atoms with E-state index < -0.39 is 0 Å². The smallest absolute Gasteiger partial charge is 0.103 e. The van der Waals surface area contributed by atoms with Crippen LogP contribution in [0.5, 0.6) is 0 Å². The fourth-order valence-electron chi connectivity index (χ4n) is 1.57. The number of aromatic nitrogens is 1. The Kier molecular flexibility index (Phi) is 4.05. The van der Waals surface area contributed by atoms with Crippen LogP contribution < -0.4 is 5.32 Å². The van der Waals surface area contributed by atoms with Crippen LogP contribution in [0.15, 0.2) is 0 Å². The zero-order valence-electron chi connectivity index (χ0n) is 9.38. The van der Waals surface area contributed by atoms with Crippen LogP contribution in [-0.2, 0) is 18.7 Å². The second kappa shape index (κ2) is 5.32. The molecule has 1 N–H and O–H groups in total. The highest BCUT2D eigenvalue weighted by atomic mass is 32.2. The Labute approximate surface area is 99.9 Å². The Morgan fingerprint density at radius 1 is 1.60 bits per heavy atom. The van der Waals surface area contributed by atoms with Gasteiger partial charge >= 0.3 is 0 Å². The summed E-state index contributed by atoms with van der Waals surface area (Å²) in [5, 5.41) is 5.46. The molecule has 0 amide bonds.